The largest absolute Gasteiger partial charge is 0.395 e. The zero-order chi connectivity index (χ0) is 16.4. The zero-order valence-corrected chi connectivity index (χ0v) is 12.6. The maximum atomic E-state index is 12.3. The number of carbonyl (C=O) groups excluding carboxylic acids is 1. The summed E-state index contributed by atoms with van der Waals surface area (Å²) in [5, 5.41) is 27.2. The second-order valence-corrected chi connectivity index (χ2v) is 4.52. The Hall–Kier alpha value is -2.36. The standard InChI is InChI=1S/C16H21N3O3/c1-2-18(15-6-4-3-5-7-15)13-14(12-17)16(22)19(8-10-20)9-11-21/h3-7,13,20-21H,2,8-11H2,1H3/b14-13-. The van der Waals surface area contributed by atoms with Crippen molar-refractivity contribution < 1.29 is 15.0 Å². The lowest BCUT2D eigenvalue weighted by molar-refractivity contribution is -0.127. The van der Waals surface area contributed by atoms with E-state index in [1.807, 2.05) is 43.3 Å². The van der Waals surface area contributed by atoms with E-state index in [2.05, 4.69) is 0 Å². The molecule has 2 N–H and O–H groups in total. The van der Waals surface area contributed by atoms with Crippen LogP contribution in [0.4, 0.5) is 5.69 Å². The average Bonchev–Trinajstić information content (AvgIpc) is 2.56. The van der Waals surface area contributed by atoms with Crippen LogP contribution < -0.4 is 4.90 Å². The molecular formula is C16H21N3O3. The smallest absolute Gasteiger partial charge is 0.266 e. The fourth-order valence-corrected chi connectivity index (χ4v) is 1.98. The van der Waals surface area contributed by atoms with Gasteiger partial charge in [-0.3, -0.25) is 4.79 Å². The maximum absolute atomic E-state index is 12.3. The van der Waals surface area contributed by atoms with Crippen molar-refractivity contribution in [3.05, 3.63) is 42.1 Å². The Labute approximate surface area is 130 Å². The second kappa shape index (κ2) is 9.55. The number of para-hydroxylation sites is 1. The number of aliphatic hydroxyl groups is 2. The number of aliphatic hydroxyl groups excluding tert-OH is 2. The van der Waals surface area contributed by atoms with Crippen LogP contribution in [0.2, 0.25) is 0 Å². The van der Waals surface area contributed by atoms with E-state index in [0.29, 0.717) is 6.54 Å². The molecule has 0 radical (unpaired) electrons. The Morgan fingerprint density at radius 3 is 2.27 bits per heavy atom. The molecule has 0 heterocycles. The summed E-state index contributed by atoms with van der Waals surface area (Å²) in [4.78, 5) is 15.4. The molecule has 0 saturated carbocycles. The third-order valence-electron chi connectivity index (χ3n) is 3.09. The molecule has 1 aromatic carbocycles. The monoisotopic (exact) mass is 303 g/mol. The van der Waals surface area contributed by atoms with Gasteiger partial charge in [0, 0.05) is 31.5 Å². The highest BCUT2D eigenvalue weighted by molar-refractivity contribution is 5.97. The average molecular weight is 303 g/mol. The minimum Gasteiger partial charge on any atom is -0.395 e. The van der Waals surface area contributed by atoms with Crippen molar-refractivity contribution >= 4 is 11.6 Å². The Kier molecular flexibility index (Phi) is 7.68. The molecule has 0 atom stereocenters. The lowest BCUT2D eigenvalue weighted by Gasteiger charge is -2.22. The quantitative estimate of drug-likeness (QED) is 0.546. The molecule has 118 valence electrons. The van der Waals surface area contributed by atoms with Gasteiger partial charge >= 0.3 is 0 Å². The van der Waals surface area contributed by atoms with E-state index in [4.69, 9.17) is 10.2 Å². The van der Waals surface area contributed by atoms with Gasteiger partial charge in [0.25, 0.3) is 5.91 Å². The Balaban J connectivity index is 3.01. The van der Waals surface area contributed by atoms with Gasteiger partial charge in [-0.05, 0) is 19.1 Å². The van der Waals surface area contributed by atoms with E-state index in [1.165, 1.54) is 11.1 Å². The van der Waals surface area contributed by atoms with Crippen LogP contribution in [0.15, 0.2) is 42.1 Å². The van der Waals surface area contributed by atoms with Gasteiger partial charge in [-0.2, -0.15) is 5.26 Å². The summed E-state index contributed by atoms with van der Waals surface area (Å²) in [6, 6.07) is 11.3. The molecule has 0 unspecified atom stereocenters. The lowest BCUT2D eigenvalue weighted by atomic mass is 10.2. The molecule has 0 saturated heterocycles. The first-order valence-electron chi connectivity index (χ1n) is 7.12. The van der Waals surface area contributed by atoms with Crippen LogP contribution in [0.25, 0.3) is 0 Å². The maximum Gasteiger partial charge on any atom is 0.266 e. The van der Waals surface area contributed by atoms with Crippen molar-refractivity contribution in [2.45, 2.75) is 6.92 Å². The van der Waals surface area contributed by atoms with E-state index in [-0.39, 0.29) is 31.9 Å². The predicted molar refractivity (Wildman–Crippen MR) is 83.9 cm³/mol. The molecule has 0 fully saturated rings. The number of anilines is 1. The van der Waals surface area contributed by atoms with Crippen LogP contribution >= 0.6 is 0 Å². The van der Waals surface area contributed by atoms with Crippen LogP contribution in [-0.2, 0) is 4.79 Å². The van der Waals surface area contributed by atoms with Crippen molar-refractivity contribution in [2.24, 2.45) is 0 Å². The first-order valence-corrected chi connectivity index (χ1v) is 7.12. The van der Waals surface area contributed by atoms with Crippen molar-refractivity contribution in [3.8, 4) is 6.07 Å². The Bertz CT molecular complexity index is 531. The first kappa shape index (κ1) is 17.7. The van der Waals surface area contributed by atoms with Gasteiger partial charge in [-0.1, -0.05) is 18.2 Å². The van der Waals surface area contributed by atoms with Crippen molar-refractivity contribution in [1.82, 2.24) is 4.90 Å². The zero-order valence-electron chi connectivity index (χ0n) is 12.6. The number of nitriles is 1. The van der Waals surface area contributed by atoms with Crippen LogP contribution in [0, 0.1) is 11.3 Å². The SMILES string of the molecule is CCN(/C=C(/C#N)C(=O)N(CCO)CCO)c1ccccc1. The van der Waals surface area contributed by atoms with E-state index in [1.54, 1.807) is 4.90 Å². The summed E-state index contributed by atoms with van der Waals surface area (Å²) >= 11 is 0. The first-order chi connectivity index (χ1) is 10.7. The molecule has 1 aromatic rings. The fourth-order valence-electron chi connectivity index (χ4n) is 1.98. The highest BCUT2D eigenvalue weighted by atomic mass is 16.3. The minimum absolute atomic E-state index is 0.0346. The highest BCUT2D eigenvalue weighted by Gasteiger charge is 2.18. The molecule has 0 aliphatic rings. The van der Waals surface area contributed by atoms with E-state index in [9.17, 15) is 10.1 Å². The van der Waals surface area contributed by atoms with E-state index < -0.39 is 5.91 Å². The normalized spacial score (nSPS) is 10.9. The molecule has 22 heavy (non-hydrogen) atoms. The number of amides is 1. The molecule has 0 spiro atoms. The lowest BCUT2D eigenvalue weighted by Crippen LogP contribution is -2.37. The van der Waals surface area contributed by atoms with Gasteiger partial charge in [0.05, 0.1) is 13.2 Å². The van der Waals surface area contributed by atoms with Gasteiger partial charge in [-0.15, -0.1) is 0 Å². The van der Waals surface area contributed by atoms with Crippen LogP contribution in [0.5, 0.6) is 0 Å². The number of rotatable bonds is 8. The minimum atomic E-state index is -0.500. The van der Waals surface area contributed by atoms with Crippen LogP contribution in [-0.4, -0.2) is 53.9 Å². The third kappa shape index (κ3) is 4.88. The van der Waals surface area contributed by atoms with Crippen LogP contribution in [0.3, 0.4) is 0 Å². The predicted octanol–water partition coefficient (Wildman–Crippen LogP) is 0.734. The fraction of sp³-hybridized carbons (Fsp3) is 0.375. The number of benzene rings is 1. The van der Waals surface area contributed by atoms with E-state index in [0.717, 1.165) is 5.69 Å². The third-order valence-corrected chi connectivity index (χ3v) is 3.09. The number of carbonyl (C=O) groups is 1. The summed E-state index contributed by atoms with van der Waals surface area (Å²) in [6.45, 7) is 2.23. The van der Waals surface area contributed by atoms with Gasteiger partial charge in [0.15, 0.2) is 0 Å². The van der Waals surface area contributed by atoms with Crippen molar-refractivity contribution in [3.63, 3.8) is 0 Å². The second-order valence-electron chi connectivity index (χ2n) is 4.52. The molecule has 6 nitrogen and oxygen atoms in total. The Morgan fingerprint density at radius 2 is 1.82 bits per heavy atom. The highest BCUT2D eigenvalue weighted by Crippen LogP contribution is 2.15. The topological polar surface area (TPSA) is 87.8 Å². The van der Waals surface area contributed by atoms with Gasteiger partial charge in [0.2, 0.25) is 0 Å². The molecule has 0 aliphatic heterocycles. The molecule has 1 amide bonds. The summed E-state index contributed by atoms with van der Waals surface area (Å²) in [5.41, 5.74) is 0.842. The molecule has 6 heteroatoms. The summed E-state index contributed by atoms with van der Waals surface area (Å²) in [6.07, 6.45) is 1.50. The van der Waals surface area contributed by atoms with Gasteiger partial charge in [0.1, 0.15) is 11.6 Å². The molecule has 0 aliphatic carbocycles. The molecule has 0 aromatic heterocycles. The van der Waals surface area contributed by atoms with Gasteiger partial charge in [-0.25, -0.2) is 0 Å². The van der Waals surface area contributed by atoms with Crippen LogP contribution in [0.1, 0.15) is 6.92 Å². The summed E-state index contributed by atoms with van der Waals surface area (Å²) in [5.74, 6) is -0.500. The van der Waals surface area contributed by atoms with Crippen molar-refractivity contribution in [2.75, 3.05) is 37.7 Å². The summed E-state index contributed by atoms with van der Waals surface area (Å²) < 4.78 is 0. The molecule has 0 bridgehead atoms. The molecule has 1 rings (SSSR count). The number of nitrogens with zero attached hydrogens (tertiary/aromatic N) is 3. The van der Waals surface area contributed by atoms with Crippen molar-refractivity contribution in [1.29, 1.82) is 5.26 Å². The number of hydrogen-bond acceptors (Lipinski definition) is 5. The Morgan fingerprint density at radius 1 is 1.23 bits per heavy atom. The summed E-state index contributed by atoms with van der Waals surface area (Å²) in [7, 11) is 0. The van der Waals surface area contributed by atoms with Gasteiger partial charge < -0.3 is 20.0 Å². The number of hydrogen-bond donors (Lipinski definition) is 2. The molecular weight excluding hydrogens is 282 g/mol. The van der Waals surface area contributed by atoms with E-state index >= 15 is 0 Å².